The summed E-state index contributed by atoms with van der Waals surface area (Å²) in [6.45, 7) is 12.6. The maximum Gasteiger partial charge on any atom is 0.259 e. The molecule has 0 aliphatic heterocycles. The molecule has 24 heavy (non-hydrogen) atoms. The van der Waals surface area contributed by atoms with Crippen molar-refractivity contribution in [1.29, 1.82) is 0 Å². The summed E-state index contributed by atoms with van der Waals surface area (Å²) in [5.74, 6) is 0.459. The second-order valence-corrected chi connectivity index (χ2v) is 6.18. The highest BCUT2D eigenvalue weighted by atomic mass is 32.2. The first-order valence-corrected chi connectivity index (χ1v) is 9.60. The molecule has 5 nitrogen and oxygen atoms in total. The topological polar surface area (TPSA) is 73.8 Å². The SMILES string of the molecule is CC.CCn1c(=O)c(/C(=C/SC)C(C)C)cc2c(C)nc(N)nc21. The second-order valence-electron chi connectivity index (χ2n) is 5.48. The van der Waals surface area contributed by atoms with Crippen LogP contribution in [0.1, 0.15) is 45.9 Å². The van der Waals surface area contributed by atoms with E-state index < -0.39 is 0 Å². The van der Waals surface area contributed by atoms with E-state index in [1.54, 1.807) is 16.3 Å². The first-order chi connectivity index (χ1) is 11.4. The summed E-state index contributed by atoms with van der Waals surface area (Å²) in [7, 11) is 0. The third-order valence-corrected chi connectivity index (χ3v) is 4.14. The van der Waals surface area contributed by atoms with Gasteiger partial charge >= 0.3 is 0 Å². The fourth-order valence-corrected chi connectivity index (χ4v) is 3.20. The smallest absolute Gasteiger partial charge is 0.259 e. The molecule has 0 saturated heterocycles. The first-order valence-electron chi connectivity index (χ1n) is 8.31. The van der Waals surface area contributed by atoms with E-state index in [9.17, 15) is 4.79 Å². The van der Waals surface area contributed by atoms with Crippen LogP contribution < -0.4 is 11.3 Å². The van der Waals surface area contributed by atoms with E-state index in [-0.39, 0.29) is 17.4 Å². The number of nitrogens with two attached hydrogens (primary N) is 1. The van der Waals surface area contributed by atoms with Crippen molar-refractivity contribution < 1.29 is 0 Å². The Kier molecular flexibility index (Phi) is 7.48. The average molecular weight is 349 g/mol. The van der Waals surface area contributed by atoms with E-state index in [2.05, 4.69) is 23.8 Å². The summed E-state index contributed by atoms with van der Waals surface area (Å²) in [6.07, 6.45) is 2.00. The number of aryl methyl sites for hydroxylation is 2. The average Bonchev–Trinajstić information content (AvgIpc) is 2.54. The van der Waals surface area contributed by atoms with Crippen molar-refractivity contribution in [3.05, 3.63) is 33.1 Å². The molecule has 0 radical (unpaired) electrons. The van der Waals surface area contributed by atoms with Crippen molar-refractivity contribution in [1.82, 2.24) is 14.5 Å². The zero-order valence-corrected chi connectivity index (χ0v) is 16.5. The van der Waals surface area contributed by atoms with Gasteiger partial charge in [-0.1, -0.05) is 27.7 Å². The predicted molar refractivity (Wildman–Crippen MR) is 106 cm³/mol. The van der Waals surface area contributed by atoms with Crippen molar-refractivity contribution in [3.63, 3.8) is 0 Å². The number of nitrogen functional groups attached to an aromatic ring is 1. The molecule has 132 valence electrons. The van der Waals surface area contributed by atoms with E-state index in [1.165, 1.54) is 0 Å². The zero-order chi connectivity index (χ0) is 18.4. The first kappa shape index (κ1) is 20.2. The molecular formula is C18H28N4OS. The van der Waals surface area contributed by atoms with Crippen molar-refractivity contribution in [3.8, 4) is 0 Å². The fraction of sp³-hybridized carbons (Fsp3) is 0.500. The molecule has 0 aromatic carbocycles. The second kappa shape index (κ2) is 8.87. The van der Waals surface area contributed by atoms with E-state index in [0.717, 1.165) is 22.2 Å². The predicted octanol–water partition coefficient (Wildman–Crippen LogP) is 4.09. The van der Waals surface area contributed by atoms with Gasteiger partial charge in [0.15, 0.2) is 0 Å². The molecule has 0 fully saturated rings. The molecule has 2 aromatic heterocycles. The van der Waals surface area contributed by atoms with Gasteiger partial charge in [0.25, 0.3) is 5.56 Å². The highest BCUT2D eigenvalue weighted by Crippen LogP contribution is 2.26. The Balaban J connectivity index is 0.00000139. The molecule has 0 spiro atoms. The Labute approximate surface area is 148 Å². The molecule has 0 aliphatic rings. The summed E-state index contributed by atoms with van der Waals surface area (Å²) in [5.41, 5.74) is 8.87. The highest BCUT2D eigenvalue weighted by Gasteiger charge is 2.17. The van der Waals surface area contributed by atoms with Crippen LogP contribution in [0.15, 0.2) is 16.3 Å². The summed E-state index contributed by atoms with van der Waals surface area (Å²) < 4.78 is 1.67. The minimum absolute atomic E-state index is 0.0264. The quantitative estimate of drug-likeness (QED) is 0.901. The van der Waals surface area contributed by atoms with Gasteiger partial charge in [-0.3, -0.25) is 9.36 Å². The van der Waals surface area contributed by atoms with Crippen LogP contribution in [0.4, 0.5) is 5.95 Å². The molecule has 0 atom stereocenters. The lowest BCUT2D eigenvalue weighted by Crippen LogP contribution is -2.25. The summed E-state index contributed by atoms with van der Waals surface area (Å²) in [4.78, 5) is 21.4. The maximum atomic E-state index is 12.9. The molecule has 6 heteroatoms. The molecule has 0 unspecified atom stereocenters. The third-order valence-electron chi connectivity index (χ3n) is 3.65. The van der Waals surface area contributed by atoms with Crippen molar-refractivity contribution in [2.24, 2.45) is 5.92 Å². The Morgan fingerprint density at radius 1 is 1.38 bits per heavy atom. The number of hydrogen-bond donors (Lipinski definition) is 1. The number of aromatic nitrogens is 3. The van der Waals surface area contributed by atoms with Gasteiger partial charge < -0.3 is 5.73 Å². The normalized spacial score (nSPS) is 11.6. The summed E-state index contributed by atoms with van der Waals surface area (Å²) >= 11 is 1.61. The number of hydrogen-bond acceptors (Lipinski definition) is 5. The molecule has 0 aliphatic carbocycles. The van der Waals surface area contributed by atoms with Crippen LogP contribution in [0.5, 0.6) is 0 Å². The van der Waals surface area contributed by atoms with Crippen molar-refractivity contribution >= 4 is 34.3 Å². The molecule has 0 amide bonds. The molecule has 2 N–H and O–H groups in total. The van der Waals surface area contributed by atoms with Gasteiger partial charge in [-0.2, -0.15) is 4.98 Å². The van der Waals surface area contributed by atoms with E-state index >= 15 is 0 Å². The van der Waals surface area contributed by atoms with Crippen molar-refractivity contribution in [2.45, 2.75) is 48.1 Å². The monoisotopic (exact) mass is 348 g/mol. The molecule has 0 bridgehead atoms. The lowest BCUT2D eigenvalue weighted by atomic mass is 9.97. The van der Waals surface area contributed by atoms with E-state index in [1.807, 2.05) is 45.4 Å². The lowest BCUT2D eigenvalue weighted by Gasteiger charge is -2.16. The molecule has 2 rings (SSSR count). The minimum Gasteiger partial charge on any atom is -0.368 e. The van der Waals surface area contributed by atoms with Gasteiger partial charge in [-0.15, -0.1) is 11.8 Å². The van der Waals surface area contributed by atoms with Crippen LogP contribution in [-0.2, 0) is 6.54 Å². The number of rotatable bonds is 4. The number of anilines is 1. The zero-order valence-electron chi connectivity index (χ0n) is 15.7. The Hall–Kier alpha value is -1.82. The number of pyridine rings is 1. The number of nitrogens with zero attached hydrogens (tertiary/aromatic N) is 3. The van der Waals surface area contributed by atoms with Crippen LogP contribution in [-0.4, -0.2) is 20.8 Å². The maximum absolute atomic E-state index is 12.9. The van der Waals surface area contributed by atoms with Crippen LogP contribution in [0.2, 0.25) is 0 Å². The Morgan fingerprint density at radius 2 is 2.00 bits per heavy atom. The lowest BCUT2D eigenvalue weighted by molar-refractivity contribution is 0.742. The number of thioether (sulfide) groups is 1. The van der Waals surface area contributed by atoms with Crippen LogP contribution in [0.25, 0.3) is 16.6 Å². The van der Waals surface area contributed by atoms with E-state index in [0.29, 0.717) is 12.2 Å². The third kappa shape index (κ3) is 3.98. The van der Waals surface area contributed by atoms with Gasteiger partial charge in [0.1, 0.15) is 5.65 Å². The minimum atomic E-state index is -0.0264. The number of allylic oxidation sites excluding steroid dienone is 1. The van der Waals surface area contributed by atoms with Crippen LogP contribution >= 0.6 is 11.8 Å². The molecule has 2 aromatic rings. The molecule has 0 saturated carbocycles. The van der Waals surface area contributed by atoms with E-state index in [4.69, 9.17) is 5.73 Å². The summed E-state index contributed by atoms with van der Waals surface area (Å²) in [5, 5.41) is 2.92. The molecular weight excluding hydrogens is 320 g/mol. The van der Waals surface area contributed by atoms with Gasteiger partial charge in [-0.05, 0) is 43.1 Å². The largest absolute Gasteiger partial charge is 0.368 e. The van der Waals surface area contributed by atoms with Crippen LogP contribution in [0.3, 0.4) is 0 Å². The van der Waals surface area contributed by atoms with Gasteiger partial charge in [0.2, 0.25) is 5.95 Å². The van der Waals surface area contributed by atoms with Gasteiger partial charge in [-0.25, -0.2) is 4.98 Å². The van der Waals surface area contributed by atoms with Gasteiger partial charge in [0, 0.05) is 17.5 Å². The molecule has 2 heterocycles. The Bertz CT molecular complexity index is 794. The van der Waals surface area contributed by atoms with Gasteiger partial charge in [0.05, 0.1) is 5.69 Å². The summed E-state index contributed by atoms with van der Waals surface area (Å²) in [6, 6.07) is 1.90. The standard InChI is InChI=1S/C16H22N4OS.C2H6/c1-6-20-14-11(10(4)18-16(17)19-14)7-12(15(20)21)13(8-22-5)9(2)3;1-2/h7-9H,6H2,1-5H3,(H2,17,18,19);1-2H3/b13-8+;. The fourth-order valence-electron chi connectivity index (χ4n) is 2.55. The number of fused-ring (bicyclic) bond motifs is 1. The van der Waals surface area contributed by atoms with Crippen LogP contribution in [0, 0.1) is 12.8 Å². The highest BCUT2D eigenvalue weighted by molar-refractivity contribution is 8.01. The van der Waals surface area contributed by atoms with Crippen molar-refractivity contribution in [2.75, 3.05) is 12.0 Å². The Morgan fingerprint density at radius 3 is 2.50 bits per heavy atom.